The lowest BCUT2D eigenvalue weighted by Gasteiger charge is -2.08. The predicted molar refractivity (Wildman–Crippen MR) is 67.2 cm³/mol. The number of nitrogen functional groups attached to an aromatic ring is 1. The minimum Gasteiger partial charge on any atom is -0.398 e. The summed E-state index contributed by atoms with van der Waals surface area (Å²) in [4.78, 5) is 4.06. The Bertz CT molecular complexity index is 480. The maximum atomic E-state index is 5.83. The molecule has 0 atom stereocenters. The minimum atomic E-state index is 0.698. The van der Waals surface area contributed by atoms with Crippen LogP contribution < -0.4 is 11.1 Å². The van der Waals surface area contributed by atoms with E-state index in [0.29, 0.717) is 6.54 Å². The molecular formula is C13H15N3. The molecule has 0 aliphatic carbocycles. The first-order chi connectivity index (χ1) is 7.75. The minimum absolute atomic E-state index is 0.698. The maximum Gasteiger partial charge on any atom is 0.0436 e. The highest BCUT2D eigenvalue weighted by atomic mass is 14.9. The van der Waals surface area contributed by atoms with E-state index in [1.807, 2.05) is 18.2 Å². The third-order valence-electron chi connectivity index (χ3n) is 2.44. The molecule has 0 aliphatic rings. The first-order valence-corrected chi connectivity index (χ1v) is 5.24. The second kappa shape index (κ2) is 4.66. The van der Waals surface area contributed by atoms with Gasteiger partial charge in [-0.25, -0.2) is 0 Å². The standard InChI is InChI=1S/C13H15N3/c1-10-3-2-4-12(7-10)16-9-11-8-15-6-5-13(11)14/h2-8,16H,9H2,1H3,(H2,14,15). The number of rotatable bonds is 3. The van der Waals surface area contributed by atoms with Crippen LogP contribution in [0, 0.1) is 6.92 Å². The summed E-state index contributed by atoms with van der Waals surface area (Å²) in [6.07, 6.45) is 3.49. The molecule has 2 aromatic rings. The van der Waals surface area contributed by atoms with Gasteiger partial charge in [0.2, 0.25) is 0 Å². The second-order valence-electron chi connectivity index (χ2n) is 3.80. The van der Waals surface area contributed by atoms with E-state index in [1.165, 1.54) is 5.56 Å². The van der Waals surface area contributed by atoms with Crippen molar-refractivity contribution in [3.8, 4) is 0 Å². The Labute approximate surface area is 95.3 Å². The second-order valence-corrected chi connectivity index (χ2v) is 3.80. The van der Waals surface area contributed by atoms with Crippen LogP contribution in [0.5, 0.6) is 0 Å². The summed E-state index contributed by atoms with van der Waals surface area (Å²) < 4.78 is 0. The van der Waals surface area contributed by atoms with E-state index in [1.54, 1.807) is 12.4 Å². The highest BCUT2D eigenvalue weighted by Crippen LogP contribution is 2.13. The van der Waals surface area contributed by atoms with Gasteiger partial charge >= 0.3 is 0 Å². The molecule has 3 N–H and O–H groups in total. The highest BCUT2D eigenvalue weighted by molar-refractivity contribution is 5.49. The molecule has 2 rings (SSSR count). The summed E-state index contributed by atoms with van der Waals surface area (Å²) in [5.74, 6) is 0. The number of anilines is 2. The van der Waals surface area contributed by atoms with Crippen LogP contribution in [0.4, 0.5) is 11.4 Å². The van der Waals surface area contributed by atoms with Gasteiger partial charge in [0, 0.05) is 35.9 Å². The van der Waals surface area contributed by atoms with Crippen molar-refractivity contribution in [2.45, 2.75) is 13.5 Å². The lowest BCUT2D eigenvalue weighted by molar-refractivity contribution is 1.12. The van der Waals surface area contributed by atoms with Crippen molar-refractivity contribution in [2.24, 2.45) is 0 Å². The van der Waals surface area contributed by atoms with Gasteiger partial charge < -0.3 is 11.1 Å². The van der Waals surface area contributed by atoms with Crippen LogP contribution in [-0.2, 0) is 6.54 Å². The molecule has 16 heavy (non-hydrogen) atoms. The van der Waals surface area contributed by atoms with Gasteiger partial charge in [0.1, 0.15) is 0 Å². The van der Waals surface area contributed by atoms with Gasteiger partial charge in [0.05, 0.1) is 0 Å². The highest BCUT2D eigenvalue weighted by Gasteiger charge is 1.98. The molecule has 82 valence electrons. The van der Waals surface area contributed by atoms with Crippen LogP contribution in [0.15, 0.2) is 42.7 Å². The monoisotopic (exact) mass is 213 g/mol. The zero-order valence-electron chi connectivity index (χ0n) is 9.27. The van der Waals surface area contributed by atoms with Gasteiger partial charge in [-0.1, -0.05) is 12.1 Å². The molecule has 3 heteroatoms. The average Bonchev–Trinajstić information content (AvgIpc) is 2.28. The van der Waals surface area contributed by atoms with Crippen LogP contribution in [0.25, 0.3) is 0 Å². The molecule has 3 nitrogen and oxygen atoms in total. The fourth-order valence-electron chi connectivity index (χ4n) is 1.54. The van der Waals surface area contributed by atoms with Gasteiger partial charge in [0.15, 0.2) is 0 Å². The molecular weight excluding hydrogens is 198 g/mol. The Hall–Kier alpha value is -2.03. The average molecular weight is 213 g/mol. The van der Waals surface area contributed by atoms with E-state index < -0.39 is 0 Å². The van der Waals surface area contributed by atoms with Crippen LogP contribution in [0.2, 0.25) is 0 Å². The molecule has 0 fully saturated rings. The van der Waals surface area contributed by atoms with Gasteiger partial charge in [0.25, 0.3) is 0 Å². The van der Waals surface area contributed by atoms with Crippen molar-refractivity contribution in [3.63, 3.8) is 0 Å². The molecule has 0 spiro atoms. The number of nitrogens with one attached hydrogen (secondary N) is 1. The van der Waals surface area contributed by atoms with Crippen molar-refractivity contribution in [1.29, 1.82) is 0 Å². The largest absolute Gasteiger partial charge is 0.398 e. The number of nitrogens with two attached hydrogens (primary N) is 1. The van der Waals surface area contributed by atoms with E-state index in [9.17, 15) is 0 Å². The molecule has 0 amide bonds. The van der Waals surface area contributed by atoms with E-state index >= 15 is 0 Å². The fraction of sp³-hybridized carbons (Fsp3) is 0.154. The van der Waals surface area contributed by atoms with Crippen LogP contribution in [0.1, 0.15) is 11.1 Å². The van der Waals surface area contributed by atoms with Crippen molar-refractivity contribution >= 4 is 11.4 Å². The summed E-state index contributed by atoms with van der Waals surface area (Å²) in [6, 6.07) is 10.1. The lowest BCUT2D eigenvalue weighted by Crippen LogP contribution is -2.03. The number of aromatic nitrogens is 1. The van der Waals surface area contributed by atoms with Crippen LogP contribution in [-0.4, -0.2) is 4.98 Å². The molecule has 1 aromatic heterocycles. The Morgan fingerprint density at radius 2 is 2.19 bits per heavy atom. The number of hydrogen-bond donors (Lipinski definition) is 2. The number of aryl methyl sites for hydroxylation is 1. The summed E-state index contributed by atoms with van der Waals surface area (Å²) in [7, 11) is 0. The molecule has 1 heterocycles. The first-order valence-electron chi connectivity index (χ1n) is 5.24. The SMILES string of the molecule is Cc1cccc(NCc2cnccc2N)c1. The van der Waals surface area contributed by atoms with Gasteiger partial charge in [-0.3, -0.25) is 4.98 Å². The number of hydrogen-bond acceptors (Lipinski definition) is 3. The van der Waals surface area contributed by atoms with E-state index in [-0.39, 0.29) is 0 Å². The van der Waals surface area contributed by atoms with Gasteiger partial charge in [-0.15, -0.1) is 0 Å². The Morgan fingerprint density at radius 1 is 1.31 bits per heavy atom. The molecule has 0 saturated carbocycles. The zero-order valence-corrected chi connectivity index (χ0v) is 9.27. The molecule has 0 radical (unpaired) electrons. The quantitative estimate of drug-likeness (QED) is 0.824. The third kappa shape index (κ3) is 2.51. The summed E-state index contributed by atoms with van der Waals surface area (Å²) in [6.45, 7) is 2.77. The van der Waals surface area contributed by atoms with E-state index in [2.05, 4.69) is 29.4 Å². The van der Waals surface area contributed by atoms with Crippen molar-refractivity contribution < 1.29 is 0 Å². The molecule has 1 aromatic carbocycles. The lowest BCUT2D eigenvalue weighted by atomic mass is 10.2. The fourth-order valence-corrected chi connectivity index (χ4v) is 1.54. The van der Waals surface area contributed by atoms with Gasteiger partial charge in [-0.05, 0) is 30.7 Å². The van der Waals surface area contributed by atoms with Crippen molar-refractivity contribution in [3.05, 3.63) is 53.9 Å². The number of pyridine rings is 1. The topological polar surface area (TPSA) is 50.9 Å². The Balaban J connectivity index is 2.05. The van der Waals surface area contributed by atoms with Crippen molar-refractivity contribution in [2.75, 3.05) is 11.1 Å². The summed E-state index contributed by atoms with van der Waals surface area (Å²) in [5.41, 5.74) is 9.97. The van der Waals surface area contributed by atoms with Gasteiger partial charge in [-0.2, -0.15) is 0 Å². The third-order valence-corrected chi connectivity index (χ3v) is 2.44. The number of benzene rings is 1. The maximum absolute atomic E-state index is 5.83. The van der Waals surface area contributed by atoms with Crippen LogP contribution in [0.3, 0.4) is 0 Å². The Morgan fingerprint density at radius 3 is 2.94 bits per heavy atom. The molecule has 0 bridgehead atoms. The van der Waals surface area contributed by atoms with E-state index in [4.69, 9.17) is 5.73 Å². The van der Waals surface area contributed by atoms with E-state index in [0.717, 1.165) is 16.9 Å². The smallest absolute Gasteiger partial charge is 0.0436 e. The first kappa shape index (κ1) is 10.5. The Kier molecular flexibility index (Phi) is 3.05. The normalized spacial score (nSPS) is 10.1. The van der Waals surface area contributed by atoms with Crippen LogP contribution >= 0.6 is 0 Å². The molecule has 0 saturated heterocycles. The molecule has 0 aliphatic heterocycles. The number of nitrogens with zero attached hydrogens (tertiary/aromatic N) is 1. The molecule has 0 unspecified atom stereocenters. The predicted octanol–water partition coefficient (Wildman–Crippen LogP) is 2.58. The van der Waals surface area contributed by atoms with Crippen molar-refractivity contribution in [1.82, 2.24) is 4.98 Å². The summed E-state index contributed by atoms with van der Waals surface area (Å²) >= 11 is 0. The zero-order chi connectivity index (χ0) is 11.4. The summed E-state index contributed by atoms with van der Waals surface area (Å²) in [5, 5.41) is 3.32.